The zero-order valence-electron chi connectivity index (χ0n) is 13.9. The van der Waals surface area contributed by atoms with Crippen LogP contribution in [-0.4, -0.2) is 44.3 Å². The lowest BCUT2D eigenvalue weighted by molar-refractivity contribution is 0.108. The molecule has 1 aliphatic rings. The van der Waals surface area contributed by atoms with E-state index in [4.69, 9.17) is 4.74 Å². The van der Waals surface area contributed by atoms with Crippen molar-refractivity contribution in [2.24, 2.45) is 5.41 Å². The predicted octanol–water partition coefficient (Wildman–Crippen LogP) is 3.08. The molecule has 118 valence electrons. The molecule has 0 radical (unpaired) electrons. The van der Waals surface area contributed by atoms with Crippen molar-refractivity contribution < 1.29 is 4.74 Å². The topological polar surface area (TPSA) is 24.5 Å². The Bertz CT molecular complexity index is 412. The van der Waals surface area contributed by atoms with Gasteiger partial charge in [-0.2, -0.15) is 0 Å². The Morgan fingerprint density at radius 2 is 2.05 bits per heavy atom. The van der Waals surface area contributed by atoms with Crippen LogP contribution in [0.15, 0.2) is 30.3 Å². The van der Waals surface area contributed by atoms with E-state index in [2.05, 4.69) is 68.4 Å². The normalized spacial score (nSPS) is 20.9. The Hall–Kier alpha value is -0.900. The molecule has 0 aliphatic carbocycles. The van der Waals surface area contributed by atoms with Gasteiger partial charge < -0.3 is 15.0 Å². The van der Waals surface area contributed by atoms with E-state index in [1.54, 1.807) is 0 Å². The smallest absolute Gasteiger partial charge is 0.0622 e. The summed E-state index contributed by atoms with van der Waals surface area (Å²) in [7, 11) is 2.23. The van der Waals surface area contributed by atoms with Crippen LogP contribution in [-0.2, 0) is 4.74 Å². The molecular formula is C18H30N2O. The van der Waals surface area contributed by atoms with E-state index in [9.17, 15) is 0 Å². The van der Waals surface area contributed by atoms with Gasteiger partial charge >= 0.3 is 0 Å². The molecule has 1 saturated heterocycles. The Morgan fingerprint density at radius 1 is 1.33 bits per heavy atom. The van der Waals surface area contributed by atoms with Gasteiger partial charge in [-0.1, -0.05) is 51.1 Å². The summed E-state index contributed by atoms with van der Waals surface area (Å²) in [6.07, 6.45) is 1.16. The largest absolute Gasteiger partial charge is 0.380 e. The predicted molar refractivity (Wildman–Crippen MR) is 88.5 cm³/mol. The van der Waals surface area contributed by atoms with Gasteiger partial charge in [-0.15, -0.1) is 0 Å². The fourth-order valence-electron chi connectivity index (χ4n) is 3.43. The average Bonchev–Trinajstić information content (AvgIpc) is 2.99. The van der Waals surface area contributed by atoms with Gasteiger partial charge in [0.1, 0.15) is 0 Å². The molecule has 1 aliphatic heterocycles. The molecule has 0 amide bonds. The quantitative estimate of drug-likeness (QED) is 0.835. The average molecular weight is 290 g/mol. The zero-order valence-corrected chi connectivity index (χ0v) is 13.9. The Labute approximate surface area is 129 Å². The van der Waals surface area contributed by atoms with E-state index in [1.807, 2.05) is 0 Å². The highest BCUT2D eigenvalue weighted by molar-refractivity contribution is 5.21. The monoisotopic (exact) mass is 290 g/mol. The van der Waals surface area contributed by atoms with Gasteiger partial charge in [0.15, 0.2) is 0 Å². The third-order valence-electron chi connectivity index (χ3n) is 4.51. The number of benzene rings is 1. The van der Waals surface area contributed by atoms with Crippen molar-refractivity contribution in [3.63, 3.8) is 0 Å². The summed E-state index contributed by atoms with van der Waals surface area (Å²) in [6.45, 7) is 10.7. The van der Waals surface area contributed by atoms with Gasteiger partial charge in [-0.25, -0.2) is 0 Å². The Balaban J connectivity index is 2.09. The number of ether oxygens (including phenoxy) is 1. The van der Waals surface area contributed by atoms with Gasteiger partial charge in [0.2, 0.25) is 0 Å². The Kier molecular flexibility index (Phi) is 5.80. The van der Waals surface area contributed by atoms with Gasteiger partial charge in [0, 0.05) is 25.2 Å². The number of nitrogens with zero attached hydrogens (tertiary/aromatic N) is 1. The molecule has 0 aromatic heterocycles. The van der Waals surface area contributed by atoms with E-state index < -0.39 is 0 Å². The first kappa shape index (κ1) is 16.5. The number of hydrogen-bond donors (Lipinski definition) is 1. The van der Waals surface area contributed by atoms with Crippen molar-refractivity contribution in [2.45, 2.75) is 39.3 Å². The van der Waals surface area contributed by atoms with Crippen LogP contribution in [0.3, 0.4) is 0 Å². The second-order valence-corrected chi connectivity index (χ2v) is 6.82. The minimum atomic E-state index is 0.161. The van der Waals surface area contributed by atoms with Crippen LogP contribution < -0.4 is 5.32 Å². The van der Waals surface area contributed by atoms with Gasteiger partial charge in [0.25, 0.3) is 0 Å². The minimum Gasteiger partial charge on any atom is -0.380 e. The number of rotatable bonds is 7. The van der Waals surface area contributed by atoms with Crippen molar-refractivity contribution in [1.82, 2.24) is 10.2 Å². The van der Waals surface area contributed by atoms with E-state index in [-0.39, 0.29) is 5.41 Å². The third-order valence-corrected chi connectivity index (χ3v) is 4.51. The van der Waals surface area contributed by atoms with Crippen molar-refractivity contribution in [3.8, 4) is 0 Å². The number of nitrogens with one attached hydrogen (secondary N) is 1. The van der Waals surface area contributed by atoms with E-state index >= 15 is 0 Å². The van der Waals surface area contributed by atoms with Crippen molar-refractivity contribution in [2.75, 3.05) is 33.4 Å². The highest BCUT2D eigenvalue weighted by atomic mass is 16.5. The van der Waals surface area contributed by atoms with E-state index in [1.165, 1.54) is 5.56 Å². The summed E-state index contributed by atoms with van der Waals surface area (Å²) in [6, 6.07) is 11.7. The van der Waals surface area contributed by atoms with Crippen LogP contribution >= 0.6 is 0 Å². The SMILES string of the molecule is CCNC(c1ccccc1)C(C)(C)CN(C)C1CCOC1. The number of likely N-dealkylation sites (N-methyl/N-ethyl adjacent to an activating group) is 1. The summed E-state index contributed by atoms with van der Waals surface area (Å²) in [5, 5.41) is 3.68. The van der Waals surface area contributed by atoms with Crippen molar-refractivity contribution in [1.29, 1.82) is 0 Å². The molecule has 1 fully saturated rings. The molecule has 3 heteroatoms. The zero-order chi connectivity index (χ0) is 15.3. The maximum absolute atomic E-state index is 5.53. The van der Waals surface area contributed by atoms with Gasteiger partial charge in [-0.3, -0.25) is 0 Å². The van der Waals surface area contributed by atoms with Crippen LogP contribution in [0.2, 0.25) is 0 Å². The van der Waals surface area contributed by atoms with Crippen LogP contribution in [0, 0.1) is 5.41 Å². The van der Waals surface area contributed by atoms with Crippen molar-refractivity contribution in [3.05, 3.63) is 35.9 Å². The summed E-state index contributed by atoms with van der Waals surface area (Å²) in [5.74, 6) is 0. The molecule has 2 rings (SSSR count). The van der Waals surface area contributed by atoms with Crippen LogP contribution in [0.1, 0.15) is 38.8 Å². The van der Waals surface area contributed by atoms with E-state index in [0.29, 0.717) is 12.1 Å². The molecular weight excluding hydrogens is 260 g/mol. The van der Waals surface area contributed by atoms with Gasteiger partial charge in [-0.05, 0) is 31.0 Å². The highest BCUT2D eigenvalue weighted by Crippen LogP contribution is 2.34. The summed E-state index contributed by atoms with van der Waals surface area (Å²) in [4.78, 5) is 2.47. The second kappa shape index (κ2) is 7.39. The van der Waals surface area contributed by atoms with E-state index in [0.717, 1.165) is 32.7 Å². The van der Waals surface area contributed by atoms with Gasteiger partial charge in [0.05, 0.1) is 6.61 Å². The highest BCUT2D eigenvalue weighted by Gasteiger charge is 2.33. The first-order valence-corrected chi connectivity index (χ1v) is 8.11. The van der Waals surface area contributed by atoms with Crippen molar-refractivity contribution >= 4 is 0 Å². The molecule has 0 saturated carbocycles. The Morgan fingerprint density at radius 3 is 2.62 bits per heavy atom. The molecule has 0 spiro atoms. The van der Waals surface area contributed by atoms with Crippen LogP contribution in [0.25, 0.3) is 0 Å². The fourth-order valence-corrected chi connectivity index (χ4v) is 3.43. The third kappa shape index (κ3) is 4.29. The molecule has 1 heterocycles. The second-order valence-electron chi connectivity index (χ2n) is 6.82. The lowest BCUT2D eigenvalue weighted by Crippen LogP contribution is -2.45. The molecule has 2 unspecified atom stereocenters. The maximum atomic E-state index is 5.53. The fraction of sp³-hybridized carbons (Fsp3) is 0.667. The minimum absolute atomic E-state index is 0.161. The first-order valence-electron chi connectivity index (χ1n) is 8.11. The lowest BCUT2D eigenvalue weighted by Gasteiger charge is -2.40. The molecule has 1 N–H and O–H groups in total. The maximum Gasteiger partial charge on any atom is 0.0622 e. The van der Waals surface area contributed by atoms with Crippen LogP contribution in [0.4, 0.5) is 0 Å². The molecule has 3 nitrogen and oxygen atoms in total. The molecule has 21 heavy (non-hydrogen) atoms. The number of hydrogen-bond acceptors (Lipinski definition) is 3. The molecule has 1 aromatic carbocycles. The molecule has 2 atom stereocenters. The van der Waals surface area contributed by atoms with Crippen LogP contribution in [0.5, 0.6) is 0 Å². The molecule has 0 bridgehead atoms. The first-order chi connectivity index (χ1) is 10.0. The summed E-state index contributed by atoms with van der Waals surface area (Å²) < 4.78 is 5.53. The summed E-state index contributed by atoms with van der Waals surface area (Å²) in [5.41, 5.74) is 1.54. The molecule has 1 aromatic rings. The standard InChI is InChI=1S/C18H30N2O/c1-5-19-17(15-9-7-6-8-10-15)18(2,3)14-20(4)16-11-12-21-13-16/h6-10,16-17,19H,5,11-14H2,1-4H3. The lowest BCUT2D eigenvalue weighted by atomic mass is 9.79. The summed E-state index contributed by atoms with van der Waals surface area (Å²) >= 11 is 0.